The number of aromatic nitrogens is 3. The van der Waals surface area contributed by atoms with Gasteiger partial charge in [0, 0.05) is 41.5 Å². The van der Waals surface area contributed by atoms with E-state index in [9.17, 15) is 4.79 Å². The van der Waals surface area contributed by atoms with Crippen LogP contribution in [0.3, 0.4) is 0 Å². The van der Waals surface area contributed by atoms with Gasteiger partial charge in [-0.1, -0.05) is 18.2 Å². The molecule has 1 fully saturated rings. The average Bonchev–Trinajstić information content (AvgIpc) is 3.43. The average molecular weight is 596 g/mol. The van der Waals surface area contributed by atoms with E-state index in [1.165, 1.54) is 18.2 Å². The van der Waals surface area contributed by atoms with Crippen molar-refractivity contribution >= 4 is 17.4 Å². The van der Waals surface area contributed by atoms with Crippen LogP contribution < -0.4 is 15.0 Å². The highest BCUT2D eigenvalue weighted by Gasteiger charge is 2.33. The Labute approximate surface area is 258 Å². The fraction of sp³-hybridized carbons (Fsp3) is 0.400. The second kappa shape index (κ2) is 12.0. The molecule has 9 heteroatoms. The molecule has 0 saturated carbocycles. The van der Waals surface area contributed by atoms with Crippen LogP contribution in [0.1, 0.15) is 49.1 Å². The molecule has 0 spiro atoms. The zero-order valence-electron chi connectivity index (χ0n) is 26.4. The minimum Gasteiger partial charge on any atom is -0.470 e. The van der Waals surface area contributed by atoms with Crippen LogP contribution in [0.15, 0.2) is 54.7 Å². The summed E-state index contributed by atoms with van der Waals surface area (Å²) in [5.74, 6) is 1.40. The maximum absolute atomic E-state index is 12.5. The summed E-state index contributed by atoms with van der Waals surface area (Å²) >= 11 is 0. The van der Waals surface area contributed by atoms with Crippen molar-refractivity contribution in [2.75, 3.05) is 31.7 Å². The van der Waals surface area contributed by atoms with Crippen LogP contribution in [0.4, 0.5) is 5.82 Å². The van der Waals surface area contributed by atoms with Crippen LogP contribution >= 0.6 is 0 Å². The predicted octanol–water partition coefficient (Wildman–Crippen LogP) is 5.92. The van der Waals surface area contributed by atoms with Crippen molar-refractivity contribution < 1.29 is 19.0 Å². The summed E-state index contributed by atoms with van der Waals surface area (Å²) in [6.07, 6.45) is 5.45. The van der Waals surface area contributed by atoms with E-state index in [1.807, 2.05) is 36.7 Å². The number of esters is 1. The Hall–Kier alpha value is -4.37. The van der Waals surface area contributed by atoms with Crippen molar-refractivity contribution in [1.82, 2.24) is 19.9 Å². The summed E-state index contributed by atoms with van der Waals surface area (Å²) in [5, 5.41) is 8.44. The van der Waals surface area contributed by atoms with Gasteiger partial charge in [0.05, 0.1) is 31.4 Å². The molecule has 2 aromatic heterocycles. The van der Waals surface area contributed by atoms with Crippen LogP contribution in [-0.2, 0) is 20.7 Å². The van der Waals surface area contributed by atoms with Gasteiger partial charge in [-0.25, -0.2) is 4.98 Å². The zero-order valence-corrected chi connectivity index (χ0v) is 26.4. The van der Waals surface area contributed by atoms with Gasteiger partial charge in [0.2, 0.25) is 0 Å². The van der Waals surface area contributed by atoms with Gasteiger partial charge < -0.3 is 24.4 Å². The predicted molar refractivity (Wildman–Crippen MR) is 172 cm³/mol. The topological polar surface area (TPSA) is 90.2 Å². The molecule has 44 heavy (non-hydrogen) atoms. The minimum absolute atomic E-state index is 0.126. The molecule has 1 saturated heterocycles. The molecule has 230 valence electrons. The molecule has 4 aromatic rings. The number of carbonyl (C=O) groups is 1. The van der Waals surface area contributed by atoms with E-state index < -0.39 is 0 Å². The molecule has 3 aliphatic heterocycles. The number of ether oxygens (including phenoxy) is 3. The largest absolute Gasteiger partial charge is 0.470 e. The summed E-state index contributed by atoms with van der Waals surface area (Å²) in [6, 6.07) is 14.7. The van der Waals surface area contributed by atoms with Crippen molar-refractivity contribution in [3.63, 3.8) is 0 Å². The lowest BCUT2D eigenvalue weighted by Gasteiger charge is -2.40. The minimum atomic E-state index is -0.302. The maximum Gasteiger partial charge on any atom is 0.310 e. The number of piperidine rings is 1. The maximum atomic E-state index is 12.5. The van der Waals surface area contributed by atoms with Gasteiger partial charge in [-0.15, -0.1) is 0 Å². The Morgan fingerprint density at radius 3 is 2.61 bits per heavy atom. The lowest BCUT2D eigenvalue weighted by atomic mass is 9.93. The summed E-state index contributed by atoms with van der Waals surface area (Å²) in [4.78, 5) is 19.7. The molecule has 1 N–H and O–H groups in total. The molecule has 7 rings (SSSR count). The Morgan fingerprint density at radius 1 is 1.09 bits per heavy atom. The lowest BCUT2D eigenvalue weighted by Crippen LogP contribution is -2.45. The van der Waals surface area contributed by atoms with E-state index in [0.717, 1.165) is 76.8 Å². The number of nitrogens with one attached hydrogen (secondary N) is 1. The van der Waals surface area contributed by atoms with Gasteiger partial charge in [-0.05, 0) is 94.6 Å². The quantitative estimate of drug-likeness (QED) is 0.286. The number of aryl methyl sites for hydroxylation is 3. The smallest absolute Gasteiger partial charge is 0.310 e. The summed E-state index contributed by atoms with van der Waals surface area (Å²) in [5.41, 5.74) is 8.29. The molecule has 3 aliphatic rings. The first kappa shape index (κ1) is 29.7. The number of anilines is 1. The number of carbonyl (C=O) groups excluding carboxylic acids is 1. The highest BCUT2D eigenvalue weighted by atomic mass is 16.5. The van der Waals surface area contributed by atoms with Gasteiger partial charge in [-0.2, -0.15) is 9.61 Å². The summed E-state index contributed by atoms with van der Waals surface area (Å²) < 4.78 is 19.8. The number of rotatable bonds is 2. The van der Waals surface area contributed by atoms with Crippen LogP contribution in [0.2, 0.25) is 0 Å². The molecule has 0 radical (unpaired) electrons. The fourth-order valence-corrected chi connectivity index (χ4v) is 6.05. The first-order valence-electron chi connectivity index (χ1n) is 15.3. The molecule has 5 heterocycles. The van der Waals surface area contributed by atoms with E-state index in [0.29, 0.717) is 6.61 Å². The van der Waals surface area contributed by atoms with Crippen LogP contribution in [0.5, 0.6) is 5.75 Å². The third-order valence-electron chi connectivity index (χ3n) is 8.90. The first-order valence-corrected chi connectivity index (χ1v) is 15.3. The van der Waals surface area contributed by atoms with Gasteiger partial charge in [0.15, 0.2) is 11.9 Å². The number of nitrogens with zero attached hydrogens (tertiary/aromatic N) is 4. The normalized spacial score (nSPS) is 21.0. The fourth-order valence-electron chi connectivity index (χ4n) is 6.05. The highest BCUT2D eigenvalue weighted by Crippen LogP contribution is 2.37. The molecule has 0 amide bonds. The zero-order chi connectivity index (χ0) is 31.0. The Balaban J connectivity index is 1.52. The summed E-state index contributed by atoms with van der Waals surface area (Å²) in [6.45, 7) is 12.4. The van der Waals surface area contributed by atoms with E-state index in [2.05, 4.69) is 67.4 Å². The Kier molecular flexibility index (Phi) is 8.07. The number of methoxy groups -OCH3 is 1. The van der Waals surface area contributed by atoms with Crippen molar-refractivity contribution in [3.8, 4) is 28.1 Å². The van der Waals surface area contributed by atoms with Crippen molar-refractivity contribution in [3.05, 3.63) is 77.1 Å². The third-order valence-corrected chi connectivity index (χ3v) is 8.90. The Bertz CT molecular complexity index is 1730. The molecule has 2 aromatic carbocycles. The molecule has 1 unspecified atom stereocenters. The van der Waals surface area contributed by atoms with Gasteiger partial charge >= 0.3 is 5.97 Å². The number of hydrogen-bond donors (Lipinski definition) is 1. The van der Waals surface area contributed by atoms with Crippen LogP contribution in [0.25, 0.3) is 28.0 Å². The number of hydrogen-bond acceptors (Lipinski definition) is 8. The van der Waals surface area contributed by atoms with E-state index in [1.54, 1.807) is 0 Å². The third kappa shape index (κ3) is 5.88. The second-order valence-corrected chi connectivity index (χ2v) is 12.1. The monoisotopic (exact) mass is 595 g/mol. The Morgan fingerprint density at radius 2 is 1.84 bits per heavy atom. The van der Waals surface area contributed by atoms with Crippen molar-refractivity contribution in [2.24, 2.45) is 0 Å². The molecule has 0 aliphatic carbocycles. The van der Waals surface area contributed by atoms with Gasteiger partial charge in [-0.3, -0.25) is 4.79 Å². The number of fused-ring (bicyclic) bond motifs is 7. The molecular formula is C35H41N5O4. The lowest BCUT2D eigenvalue weighted by molar-refractivity contribution is -0.139. The van der Waals surface area contributed by atoms with E-state index >= 15 is 0 Å². The van der Waals surface area contributed by atoms with Crippen LogP contribution in [-0.4, -0.2) is 59.2 Å². The molecule has 6 bridgehead atoms. The van der Waals surface area contributed by atoms with E-state index in [4.69, 9.17) is 24.3 Å². The second-order valence-electron chi connectivity index (χ2n) is 12.1. The molecular weight excluding hydrogens is 554 g/mol. The standard InChI is InChI=1S/C35H41N5O4/c1-22-17-29-26-9-7-10-27(19-26)30-21-32-37-24(3)28(20-33(41)42-6)34(40(32)38-30)39-14-11-35(5,12-15-39)43-16-8-13-36-25(4)44-31(29)18-23(22)2/h7-10,13,17-19,21,25,36H,11-12,14-16,20H2,1-6H3/b13-8-. The SMILES string of the molecule is COC(=O)Cc1c(C)nc2cc3nn2c1N1CCC(C)(CC1)OC/C=C\NC(C)Oc1cc(C)c(C)cc1-c1cccc-3c1. The van der Waals surface area contributed by atoms with E-state index in [-0.39, 0.29) is 24.2 Å². The molecule has 9 nitrogen and oxygen atoms in total. The van der Waals surface area contributed by atoms with Crippen molar-refractivity contribution in [2.45, 2.75) is 65.7 Å². The van der Waals surface area contributed by atoms with Gasteiger partial charge in [0.25, 0.3) is 0 Å². The number of benzene rings is 2. The summed E-state index contributed by atoms with van der Waals surface area (Å²) in [7, 11) is 1.42. The molecule has 1 atom stereocenters. The van der Waals surface area contributed by atoms with Crippen molar-refractivity contribution in [1.29, 1.82) is 0 Å². The van der Waals surface area contributed by atoms with Gasteiger partial charge in [0.1, 0.15) is 11.6 Å². The highest BCUT2D eigenvalue weighted by molar-refractivity contribution is 5.79. The van der Waals surface area contributed by atoms with Crippen LogP contribution in [0, 0.1) is 20.8 Å². The first-order chi connectivity index (χ1) is 21.1.